The normalized spacial score (nSPS) is 34.0. The minimum Gasteiger partial charge on any atom is -0.393 e. The van der Waals surface area contributed by atoms with Gasteiger partial charge in [-0.15, -0.1) is 0 Å². The fourth-order valence-electron chi connectivity index (χ4n) is 1.98. The molecule has 1 heteroatoms. The quantitative estimate of drug-likeness (QED) is 0.565. The van der Waals surface area contributed by atoms with E-state index in [2.05, 4.69) is 0 Å². The third kappa shape index (κ3) is 0.787. The number of aliphatic hydroxyl groups is 1. The molecule has 52 valence electrons. The molecule has 0 aromatic heterocycles. The third-order valence-corrected chi connectivity index (χ3v) is 3.03. The highest BCUT2D eigenvalue weighted by Gasteiger charge is 2.53. The predicted molar refractivity (Wildman–Crippen MR) is 36.1 cm³/mol. The summed E-state index contributed by atoms with van der Waals surface area (Å²) in [6, 6.07) is 0. The van der Waals surface area contributed by atoms with Crippen molar-refractivity contribution in [1.82, 2.24) is 0 Å². The molecule has 0 heterocycles. The molecule has 0 bridgehead atoms. The van der Waals surface area contributed by atoms with E-state index >= 15 is 0 Å². The van der Waals surface area contributed by atoms with Crippen molar-refractivity contribution in [2.45, 2.75) is 38.7 Å². The summed E-state index contributed by atoms with van der Waals surface area (Å²) in [7, 11) is 0. The van der Waals surface area contributed by atoms with E-state index in [1.165, 1.54) is 25.7 Å². The molecule has 0 saturated heterocycles. The first-order chi connectivity index (χ1) is 4.22. The monoisotopic (exact) mass is 126 g/mol. The molecule has 0 radical (unpaired) electrons. The summed E-state index contributed by atoms with van der Waals surface area (Å²) in [6.45, 7) is 1.92. The molecule has 1 nitrogen and oxygen atoms in total. The molecule has 1 atom stereocenters. The Bertz CT molecular complexity index is 117. The van der Waals surface area contributed by atoms with Crippen LogP contribution in [0.3, 0.4) is 0 Å². The van der Waals surface area contributed by atoms with Crippen LogP contribution in [0.15, 0.2) is 0 Å². The second-order valence-electron chi connectivity index (χ2n) is 3.91. The Morgan fingerprint density at radius 2 is 2.00 bits per heavy atom. The summed E-state index contributed by atoms with van der Waals surface area (Å²) in [5.41, 5.74) is 0.766. The van der Waals surface area contributed by atoms with Crippen LogP contribution < -0.4 is 0 Å². The van der Waals surface area contributed by atoms with Crippen molar-refractivity contribution in [2.24, 2.45) is 11.3 Å². The van der Waals surface area contributed by atoms with Gasteiger partial charge in [-0.2, -0.15) is 0 Å². The average Bonchev–Trinajstić information content (AvgIpc) is 2.35. The Morgan fingerprint density at radius 3 is 2.33 bits per heavy atom. The molecular formula is C8H14O. The van der Waals surface area contributed by atoms with Crippen LogP contribution in [0.25, 0.3) is 0 Å². The summed E-state index contributed by atoms with van der Waals surface area (Å²) >= 11 is 0. The van der Waals surface area contributed by atoms with E-state index in [0.717, 1.165) is 5.41 Å². The van der Waals surface area contributed by atoms with E-state index in [1.54, 1.807) is 0 Å². The molecule has 1 N–H and O–H groups in total. The number of hydrogen-bond acceptors (Lipinski definition) is 1. The van der Waals surface area contributed by atoms with Crippen LogP contribution in [-0.2, 0) is 0 Å². The lowest BCUT2D eigenvalue weighted by Gasteiger charge is -2.37. The second-order valence-corrected chi connectivity index (χ2v) is 3.91. The van der Waals surface area contributed by atoms with Crippen LogP contribution in [0.4, 0.5) is 0 Å². The summed E-state index contributed by atoms with van der Waals surface area (Å²) in [5.74, 6) is 0.646. The molecule has 1 spiro atoms. The number of aliphatic hydroxyl groups excluding tert-OH is 1. The molecule has 2 fully saturated rings. The minimum absolute atomic E-state index is 0.0452. The molecule has 9 heavy (non-hydrogen) atoms. The van der Waals surface area contributed by atoms with Crippen molar-refractivity contribution in [3.8, 4) is 0 Å². The first-order valence-corrected chi connectivity index (χ1v) is 3.90. The van der Waals surface area contributed by atoms with Crippen molar-refractivity contribution in [2.75, 3.05) is 0 Å². The van der Waals surface area contributed by atoms with Crippen LogP contribution in [0.2, 0.25) is 0 Å². The lowest BCUT2D eigenvalue weighted by Crippen LogP contribution is -2.32. The highest BCUT2D eigenvalue weighted by atomic mass is 16.3. The molecular weight excluding hydrogens is 112 g/mol. The molecule has 2 aliphatic rings. The topological polar surface area (TPSA) is 20.2 Å². The summed E-state index contributed by atoms with van der Waals surface area (Å²) in [6.07, 6.45) is 5.46. The molecule has 0 aromatic rings. The van der Waals surface area contributed by atoms with Gasteiger partial charge in [-0.05, 0) is 43.9 Å². The van der Waals surface area contributed by atoms with Gasteiger partial charge in [-0.1, -0.05) is 0 Å². The maximum Gasteiger partial charge on any atom is 0.0540 e. The van der Waals surface area contributed by atoms with Gasteiger partial charge in [0.2, 0.25) is 0 Å². The Labute approximate surface area is 56.1 Å². The zero-order chi connectivity index (χ0) is 6.48. The van der Waals surface area contributed by atoms with Gasteiger partial charge in [-0.3, -0.25) is 0 Å². The fraction of sp³-hybridized carbons (Fsp3) is 1.00. The van der Waals surface area contributed by atoms with Gasteiger partial charge < -0.3 is 5.11 Å². The summed E-state index contributed by atoms with van der Waals surface area (Å²) in [4.78, 5) is 0. The van der Waals surface area contributed by atoms with Gasteiger partial charge in [0.05, 0.1) is 6.10 Å². The lowest BCUT2D eigenvalue weighted by molar-refractivity contribution is 0.0288. The second kappa shape index (κ2) is 1.51. The Kier molecular flexibility index (Phi) is 0.963. The van der Waals surface area contributed by atoms with Gasteiger partial charge in [0.25, 0.3) is 0 Å². The molecule has 2 rings (SSSR count). The van der Waals surface area contributed by atoms with Crippen molar-refractivity contribution in [1.29, 1.82) is 0 Å². The Balaban J connectivity index is 1.83. The van der Waals surface area contributed by atoms with E-state index in [4.69, 9.17) is 5.11 Å². The maximum atomic E-state index is 9.13. The Morgan fingerprint density at radius 1 is 1.44 bits per heavy atom. The molecule has 2 aliphatic carbocycles. The van der Waals surface area contributed by atoms with Crippen molar-refractivity contribution in [3.63, 3.8) is 0 Å². The third-order valence-electron chi connectivity index (χ3n) is 3.03. The van der Waals surface area contributed by atoms with Gasteiger partial charge in [0.15, 0.2) is 0 Å². The van der Waals surface area contributed by atoms with Crippen molar-refractivity contribution >= 4 is 0 Å². The van der Waals surface area contributed by atoms with E-state index in [-0.39, 0.29) is 6.10 Å². The standard InChI is InChI=1S/C8H14O/c1-6(9)7-4-8(5-7)2-3-8/h6-7,9H,2-5H2,1H3/t6-/m1/s1. The molecule has 0 amide bonds. The first-order valence-electron chi connectivity index (χ1n) is 3.90. The van der Waals surface area contributed by atoms with Gasteiger partial charge in [-0.25, -0.2) is 0 Å². The number of hydrogen-bond donors (Lipinski definition) is 1. The van der Waals surface area contributed by atoms with Gasteiger partial charge in [0.1, 0.15) is 0 Å². The highest BCUT2D eigenvalue weighted by molar-refractivity contribution is 5.04. The summed E-state index contributed by atoms with van der Waals surface area (Å²) in [5, 5.41) is 9.13. The van der Waals surface area contributed by atoms with Crippen LogP contribution in [0.1, 0.15) is 32.6 Å². The van der Waals surface area contributed by atoms with Crippen LogP contribution in [0.5, 0.6) is 0 Å². The lowest BCUT2D eigenvalue weighted by atomic mass is 9.70. The zero-order valence-electron chi connectivity index (χ0n) is 5.93. The molecule has 2 saturated carbocycles. The highest BCUT2D eigenvalue weighted by Crippen LogP contribution is 2.63. The first kappa shape index (κ1) is 5.72. The fourth-order valence-corrected chi connectivity index (χ4v) is 1.98. The smallest absolute Gasteiger partial charge is 0.0540 e. The SMILES string of the molecule is C[C@@H](O)C1CC2(CC2)C1. The molecule has 0 unspecified atom stereocenters. The average molecular weight is 126 g/mol. The molecule has 0 aromatic carbocycles. The van der Waals surface area contributed by atoms with Crippen LogP contribution in [0, 0.1) is 11.3 Å². The van der Waals surface area contributed by atoms with Gasteiger partial charge in [0, 0.05) is 0 Å². The largest absolute Gasteiger partial charge is 0.393 e. The van der Waals surface area contributed by atoms with E-state index < -0.39 is 0 Å². The molecule has 0 aliphatic heterocycles. The number of rotatable bonds is 1. The zero-order valence-corrected chi connectivity index (χ0v) is 5.93. The maximum absolute atomic E-state index is 9.13. The van der Waals surface area contributed by atoms with Crippen LogP contribution in [-0.4, -0.2) is 11.2 Å². The van der Waals surface area contributed by atoms with Crippen LogP contribution >= 0.6 is 0 Å². The van der Waals surface area contributed by atoms with E-state index in [9.17, 15) is 0 Å². The van der Waals surface area contributed by atoms with E-state index in [0.29, 0.717) is 5.92 Å². The van der Waals surface area contributed by atoms with Crippen molar-refractivity contribution in [3.05, 3.63) is 0 Å². The van der Waals surface area contributed by atoms with Gasteiger partial charge >= 0.3 is 0 Å². The summed E-state index contributed by atoms with van der Waals surface area (Å²) < 4.78 is 0. The Hall–Kier alpha value is -0.0400. The predicted octanol–water partition coefficient (Wildman–Crippen LogP) is 1.56. The van der Waals surface area contributed by atoms with E-state index in [1.807, 2.05) is 6.92 Å². The van der Waals surface area contributed by atoms with Crippen molar-refractivity contribution < 1.29 is 5.11 Å². The minimum atomic E-state index is -0.0452.